The molecule has 1 N–H and O–H groups in total. The van der Waals surface area contributed by atoms with E-state index in [2.05, 4.69) is 9.97 Å². The normalized spacial score (nSPS) is 8.62. The number of anilines is 1. The maximum atomic E-state index is 11.4. The average molecular weight is 113 g/mol. The van der Waals surface area contributed by atoms with Crippen LogP contribution in [0, 0.1) is 0 Å². The van der Waals surface area contributed by atoms with Crippen molar-refractivity contribution in [3.8, 4) is 0 Å². The summed E-state index contributed by atoms with van der Waals surface area (Å²) in [6.45, 7) is 0. The predicted octanol–water partition coefficient (Wildman–Crippen LogP) is 0.773. The van der Waals surface area contributed by atoms with E-state index in [0.717, 1.165) is 0 Å². The quantitative estimate of drug-likeness (QED) is 0.546. The Morgan fingerprint density at radius 2 is 2.50 bits per heavy atom. The van der Waals surface area contributed by atoms with Crippen LogP contribution in [0.25, 0.3) is 0 Å². The van der Waals surface area contributed by atoms with Gasteiger partial charge in [0.2, 0.25) is 0 Å². The Morgan fingerprint density at radius 1 is 1.62 bits per heavy atom. The second-order valence-electron chi connectivity index (χ2n) is 1.19. The molecule has 0 saturated heterocycles. The van der Waals surface area contributed by atoms with Crippen LogP contribution in [0.5, 0.6) is 0 Å². The van der Waals surface area contributed by atoms with Crippen LogP contribution in [0.4, 0.5) is 10.3 Å². The summed E-state index contributed by atoms with van der Waals surface area (Å²) in [4.78, 5) is 7.08. The zero-order valence-electron chi connectivity index (χ0n) is 4.00. The first-order valence-corrected chi connectivity index (χ1v) is 2.06. The molecule has 0 spiro atoms. The second-order valence-corrected chi connectivity index (χ2v) is 1.19. The van der Waals surface area contributed by atoms with Gasteiger partial charge in [0.15, 0.2) is 5.82 Å². The lowest BCUT2D eigenvalue weighted by Gasteiger charge is -1.88. The van der Waals surface area contributed by atoms with Crippen molar-refractivity contribution < 1.29 is 4.48 Å². The van der Waals surface area contributed by atoms with Gasteiger partial charge in [0, 0.05) is 12.3 Å². The van der Waals surface area contributed by atoms with Gasteiger partial charge in [0.25, 0.3) is 0 Å². The first-order chi connectivity index (χ1) is 3.93. The molecule has 4 heteroatoms. The number of hydrogen-bond acceptors (Lipinski definition) is 3. The van der Waals surface area contributed by atoms with Crippen molar-refractivity contribution in [1.82, 2.24) is 9.97 Å². The van der Waals surface area contributed by atoms with Crippen LogP contribution in [0.1, 0.15) is 0 Å². The third kappa shape index (κ3) is 0.900. The molecule has 8 heavy (non-hydrogen) atoms. The minimum atomic E-state index is 0.181. The summed E-state index contributed by atoms with van der Waals surface area (Å²) >= 11 is 0. The number of rotatable bonds is 1. The molecule has 1 rings (SSSR count). The van der Waals surface area contributed by atoms with Gasteiger partial charge in [-0.15, -0.1) is 4.48 Å². The number of nitrogens with zero attached hydrogens (tertiary/aromatic N) is 2. The molecular formula is C4H4FN3. The van der Waals surface area contributed by atoms with Crippen LogP contribution in [0.3, 0.4) is 0 Å². The molecule has 0 saturated carbocycles. The van der Waals surface area contributed by atoms with E-state index < -0.39 is 0 Å². The van der Waals surface area contributed by atoms with Crippen LogP contribution in [0.2, 0.25) is 0 Å². The molecular weight excluding hydrogens is 109 g/mol. The maximum absolute atomic E-state index is 11.4. The van der Waals surface area contributed by atoms with Gasteiger partial charge in [0.05, 0.1) is 0 Å². The Balaban J connectivity index is 2.83. The van der Waals surface area contributed by atoms with E-state index in [0.29, 0.717) is 0 Å². The number of hydrogen-bond donors (Lipinski definition) is 1. The molecule has 0 aliphatic carbocycles. The van der Waals surface area contributed by atoms with Crippen LogP contribution < -0.4 is 5.54 Å². The predicted molar refractivity (Wildman–Crippen MR) is 26.8 cm³/mol. The summed E-state index contributed by atoms with van der Waals surface area (Å²) in [6.07, 6.45) is 2.72. The molecule has 0 radical (unpaired) electrons. The summed E-state index contributed by atoms with van der Waals surface area (Å²) in [5, 5.41) is 0. The van der Waals surface area contributed by atoms with Crippen molar-refractivity contribution in [3.05, 3.63) is 18.6 Å². The Bertz CT molecular complexity index is 153. The lowest BCUT2D eigenvalue weighted by Crippen LogP contribution is -1.84. The van der Waals surface area contributed by atoms with E-state index in [4.69, 9.17) is 0 Å². The van der Waals surface area contributed by atoms with Gasteiger partial charge in [-0.1, -0.05) is 0 Å². The number of halogens is 1. The first-order valence-electron chi connectivity index (χ1n) is 2.06. The maximum Gasteiger partial charge on any atom is 0.157 e. The molecule has 0 unspecified atom stereocenters. The highest BCUT2D eigenvalue weighted by Crippen LogP contribution is 1.95. The SMILES string of the molecule is FNc1ccncn1. The fourth-order valence-corrected chi connectivity index (χ4v) is 0.347. The molecule has 0 aliphatic heterocycles. The summed E-state index contributed by atoms with van der Waals surface area (Å²) < 4.78 is 11.4. The lowest BCUT2D eigenvalue weighted by molar-refractivity contribution is 0.611. The minimum absolute atomic E-state index is 0.181. The molecule has 0 fully saturated rings. The van der Waals surface area contributed by atoms with E-state index in [1.54, 1.807) is 0 Å². The highest BCUT2D eigenvalue weighted by molar-refractivity contribution is 5.27. The summed E-state index contributed by atoms with van der Waals surface area (Å²) in [5.41, 5.74) is 1.38. The van der Waals surface area contributed by atoms with Gasteiger partial charge in [-0.05, 0) is 0 Å². The van der Waals surface area contributed by atoms with Crippen molar-refractivity contribution in [1.29, 1.82) is 0 Å². The number of nitrogens with one attached hydrogen (secondary N) is 1. The molecule has 1 aromatic heterocycles. The smallest absolute Gasteiger partial charge is 0.157 e. The van der Waals surface area contributed by atoms with Gasteiger partial charge in [-0.2, -0.15) is 0 Å². The molecule has 3 nitrogen and oxygen atoms in total. The molecule has 42 valence electrons. The average Bonchev–Trinajstić information content (AvgIpc) is 1.90. The van der Waals surface area contributed by atoms with Crippen molar-refractivity contribution in [3.63, 3.8) is 0 Å². The largest absolute Gasteiger partial charge is 0.245 e. The number of aromatic nitrogens is 2. The van der Waals surface area contributed by atoms with Crippen molar-refractivity contribution in [2.24, 2.45) is 0 Å². The van der Waals surface area contributed by atoms with E-state index >= 15 is 0 Å². The van der Waals surface area contributed by atoms with E-state index in [1.807, 2.05) is 0 Å². The second kappa shape index (κ2) is 2.20. The molecule has 0 aliphatic rings. The van der Waals surface area contributed by atoms with Crippen LogP contribution in [-0.2, 0) is 0 Å². The lowest BCUT2D eigenvalue weighted by atomic mass is 10.6. The van der Waals surface area contributed by atoms with Crippen LogP contribution in [0.15, 0.2) is 18.6 Å². The molecule has 1 heterocycles. The third-order valence-electron chi connectivity index (χ3n) is 0.679. The van der Waals surface area contributed by atoms with E-state index in [9.17, 15) is 4.48 Å². The molecule has 0 bridgehead atoms. The fourth-order valence-electron chi connectivity index (χ4n) is 0.347. The van der Waals surface area contributed by atoms with Crippen LogP contribution in [-0.4, -0.2) is 9.97 Å². The standard InChI is InChI=1S/C4H4FN3/c5-8-4-1-2-6-3-7-4/h1-3H,(H,6,7,8). The van der Waals surface area contributed by atoms with Gasteiger partial charge in [0.1, 0.15) is 6.33 Å². The van der Waals surface area contributed by atoms with Crippen molar-refractivity contribution >= 4 is 5.82 Å². The monoisotopic (exact) mass is 113 g/mol. The van der Waals surface area contributed by atoms with Crippen LogP contribution >= 0.6 is 0 Å². The molecule has 1 aromatic rings. The van der Waals surface area contributed by atoms with E-state index in [-0.39, 0.29) is 5.82 Å². The van der Waals surface area contributed by atoms with Gasteiger partial charge < -0.3 is 0 Å². The van der Waals surface area contributed by atoms with Gasteiger partial charge >= 0.3 is 0 Å². The van der Waals surface area contributed by atoms with E-state index in [1.165, 1.54) is 24.1 Å². The van der Waals surface area contributed by atoms with Crippen molar-refractivity contribution in [2.45, 2.75) is 0 Å². The minimum Gasteiger partial charge on any atom is -0.245 e. The van der Waals surface area contributed by atoms with Gasteiger partial charge in [-0.25, -0.2) is 15.5 Å². The zero-order valence-corrected chi connectivity index (χ0v) is 4.00. The fraction of sp³-hybridized carbons (Fsp3) is 0. The summed E-state index contributed by atoms with van der Waals surface area (Å²) in [5.74, 6) is 0.181. The first kappa shape index (κ1) is 4.96. The molecule has 0 aromatic carbocycles. The highest BCUT2D eigenvalue weighted by atomic mass is 19.2. The summed E-state index contributed by atoms with van der Waals surface area (Å²) in [6, 6.07) is 1.43. The highest BCUT2D eigenvalue weighted by Gasteiger charge is 1.83. The Morgan fingerprint density at radius 3 is 2.88 bits per heavy atom. The topological polar surface area (TPSA) is 37.8 Å². The van der Waals surface area contributed by atoms with Crippen molar-refractivity contribution in [2.75, 3.05) is 5.54 Å². The Labute approximate surface area is 45.5 Å². The third-order valence-corrected chi connectivity index (χ3v) is 0.679. The Hall–Kier alpha value is -1.19. The Kier molecular flexibility index (Phi) is 1.37. The molecule has 0 atom stereocenters. The molecule has 0 amide bonds. The summed E-state index contributed by atoms with van der Waals surface area (Å²) in [7, 11) is 0. The zero-order chi connectivity index (χ0) is 5.82. The van der Waals surface area contributed by atoms with Gasteiger partial charge in [-0.3, -0.25) is 0 Å².